The molecule has 0 saturated carbocycles. The highest BCUT2D eigenvalue weighted by Crippen LogP contribution is 2.33. The number of anilines is 1. The smallest absolute Gasteiger partial charge is 0.337 e. The molecule has 0 radical (unpaired) electrons. The molecule has 26 heavy (non-hydrogen) atoms. The van der Waals surface area contributed by atoms with Gasteiger partial charge in [0.25, 0.3) is 10.0 Å². The van der Waals surface area contributed by atoms with Gasteiger partial charge in [0, 0.05) is 6.07 Å². The number of carboxylic acids is 1. The van der Waals surface area contributed by atoms with Crippen LogP contribution in [0.4, 0.5) is 5.69 Å². The van der Waals surface area contributed by atoms with E-state index in [2.05, 4.69) is 4.72 Å². The van der Waals surface area contributed by atoms with Gasteiger partial charge in [0.1, 0.15) is 16.4 Å². The first-order valence-corrected chi connectivity index (χ1v) is 9.53. The van der Waals surface area contributed by atoms with E-state index in [1.54, 1.807) is 32.9 Å². The third kappa shape index (κ3) is 4.26. The van der Waals surface area contributed by atoms with Gasteiger partial charge in [-0.2, -0.15) is 0 Å². The number of aromatic carboxylic acids is 1. The molecule has 7 nitrogen and oxygen atoms in total. The molecule has 0 bridgehead atoms. The van der Waals surface area contributed by atoms with Crippen LogP contribution >= 0.6 is 0 Å². The van der Waals surface area contributed by atoms with Crippen LogP contribution in [0.25, 0.3) is 0 Å². The van der Waals surface area contributed by atoms with Crippen molar-refractivity contribution < 1.29 is 27.8 Å². The molecule has 0 aliphatic heterocycles. The Morgan fingerprint density at radius 2 is 1.69 bits per heavy atom. The summed E-state index contributed by atoms with van der Waals surface area (Å²) < 4.78 is 39.1. The summed E-state index contributed by atoms with van der Waals surface area (Å²) >= 11 is 0. The van der Waals surface area contributed by atoms with Gasteiger partial charge in [-0.3, -0.25) is 4.72 Å². The van der Waals surface area contributed by atoms with Gasteiger partial charge in [0.05, 0.1) is 24.5 Å². The van der Waals surface area contributed by atoms with Crippen LogP contribution in [0.5, 0.6) is 11.5 Å². The summed E-state index contributed by atoms with van der Waals surface area (Å²) in [6, 6.07) is 8.76. The maximum atomic E-state index is 12.9. The van der Waals surface area contributed by atoms with Gasteiger partial charge in [-0.15, -0.1) is 0 Å². The first-order chi connectivity index (χ1) is 12.3. The summed E-state index contributed by atoms with van der Waals surface area (Å²) in [5, 5.41) is 9.24. The second-order valence-electron chi connectivity index (χ2n) is 5.39. The van der Waals surface area contributed by atoms with Gasteiger partial charge in [-0.25, -0.2) is 13.2 Å². The van der Waals surface area contributed by atoms with Crippen molar-refractivity contribution in [2.45, 2.75) is 25.7 Å². The highest BCUT2D eigenvalue weighted by atomic mass is 32.2. The molecule has 0 aliphatic rings. The Morgan fingerprint density at radius 3 is 2.31 bits per heavy atom. The molecule has 2 rings (SSSR count). The number of sulfonamides is 1. The van der Waals surface area contributed by atoms with Crippen molar-refractivity contribution in [1.29, 1.82) is 0 Å². The van der Waals surface area contributed by atoms with Gasteiger partial charge >= 0.3 is 5.97 Å². The highest BCUT2D eigenvalue weighted by molar-refractivity contribution is 7.92. The van der Waals surface area contributed by atoms with Gasteiger partial charge < -0.3 is 14.6 Å². The van der Waals surface area contributed by atoms with Crippen LogP contribution < -0.4 is 14.2 Å². The van der Waals surface area contributed by atoms with E-state index in [0.29, 0.717) is 12.4 Å². The zero-order valence-corrected chi connectivity index (χ0v) is 15.6. The fourth-order valence-corrected chi connectivity index (χ4v) is 3.61. The van der Waals surface area contributed by atoms with Crippen molar-refractivity contribution in [2.24, 2.45) is 0 Å². The molecule has 2 aromatic rings. The maximum Gasteiger partial charge on any atom is 0.337 e. The molecular formula is C18H21NO6S. The van der Waals surface area contributed by atoms with Crippen molar-refractivity contribution >= 4 is 21.7 Å². The Labute approximate surface area is 152 Å². The van der Waals surface area contributed by atoms with Crippen LogP contribution in [-0.2, 0) is 10.0 Å². The Kier molecular flexibility index (Phi) is 6.10. The van der Waals surface area contributed by atoms with Gasteiger partial charge in [0.15, 0.2) is 0 Å². The van der Waals surface area contributed by atoms with Gasteiger partial charge in [-0.1, -0.05) is 12.1 Å². The number of rotatable bonds is 8. The predicted molar refractivity (Wildman–Crippen MR) is 97.7 cm³/mol. The SMILES string of the molecule is CCOc1cc(S(=O)(=O)Nc2ccccc2C(=O)O)c(OCC)cc1C. The molecular weight excluding hydrogens is 358 g/mol. The number of carbonyl (C=O) groups is 1. The fraction of sp³-hybridized carbons (Fsp3) is 0.278. The lowest BCUT2D eigenvalue weighted by Crippen LogP contribution is -2.17. The van der Waals surface area contributed by atoms with E-state index in [9.17, 15) is 18.3 Å². The topological polar surface area (TPSA) is 102 Å². The second-order valence-corrected chi connectivity index (χ2v) is 7.04. The molecule has 140 valence electrons. The number of nitrogens with one attached hydrogen (secondary N) is 1. The molecule has 0 spiro atoms. The van der Waals surface area contributed by atoms with Crippen LogP contribution in [0.1, 0.15) is 29.8 Å². The lowest BCUT2D eigenvalue weighted by atomic mass is 10.2. The van der Waals surface area contributed by atoms with Gasteiger partial charge in [-0.05, 0) is 44.5 Å². The van der Waals surface area contributed by atoms with Crippen molar-refractivity contribution in [3.63, 3.8) is 0 Å². The average molecular weight is 379 g/mol. The molecule has 0 saturated heterocycles. The Hall–Kier alpha value is -2.74. The zero-order chi connectivity index (χ0) is 19.3. The van der Waals surface area contributed by atoms with E-state index >= 15 is 0 Å². The number of aryl methyl sites for hydroxylation is 1. The summed E-state index contributed by atoms with van der Waals surface area (Å²) in [7, 11) is -4.10. The number of ether oxygens (including phenoxy) is 2. The summed E-state index contributed by atoms with van der Waals surface area (Å²) in [4.78, 5) is 11.2. The van der Waals surface area contributed by atoms with Crippen LogP contribution in [0.2, 0.25) is 0 Å². The summed E-state index contributed by atoms with van der Waals surface area (Å²) in [5.74, 6) is -0.635. The number of hydrogen-bond donors (Lipinski definition) is 2. The van der Waals surface area contributed by atoms with Gasteiger partial charge in [0.2, 0.25) is 0 Å². The summed E-state index contributed by atoms with van der Waals surface area (Å²) in [6.07, 6.45) is 0. The van der Waals surface area contributed by atoms with Crippen LogP contribution in [0.3, 0.4) is 0 Å². The van der Waals surface area contributed by atoms with E-state index in [-0.39, 0.29) is 28.5 Å². The molecule has 8 heteroatoms. The minimum absolute atomic E-state index is 0.0269. The minimum Gasteiger partial charge on any atom is -0.494 e. The highest BCUT2D eigenvalue weighted by Gasteiger charge is 2.24. The summed E-state index contributed by atoms with van der Waals surface area (Å²) in [6.45, 7) is 5.99. The fourth-order valence-electron chi connectivity index (χ4n) is 2.39. The van der Waals surface area contributed by atoms with E-state index in [4.69, 9.17) is 9.47 Å². The molecule has 0 fully saturated rings. The lowest BCUT2D eigenvalue weighted by molar-refractivity contribution is 0.0698. The monoisotopic (exact) mass is 379 g/mol. The molecule has 0 aliphatic carbocycles. The van der Waals surface area contributed by atoms with Crippen molar-refractivity contribution in [3.8, 4) is 11.5 Å². The van der Waals surface area contributed by atoms with Crippen molar-refractivity contribution in [1.82, 2.24) is 0 Å². The Morgan fingerprint density at radius 1 is 1.08 bits per heavy atom. The van der Waals surface area contributed by atoms with E-state index in [1.807, 2.05) is 0 Å². The number of para-hydroxylation sites is 1. The average Bonchev–Trinajstić information content (AvgIpc) is 2.57. The molecule has 2 aromatic carbocycles. The number of carboxylic acid groups (broad SMARTS) is 1. The molecule has 0 atom stereocenters. The second kappa shape index (κ2) is 8.09. The van der Waals surface area contributed by atoms with E-state index in [1.165, 1.54) is 24.3 Å². The minimum atomic E-state index is -4.10. The molecule has 0 aromatic heterocycles. The summed E-state index contributed by atoms with van der Waals surface area (Å²) in [5.41, 5.74) is 0.562. The molecule has 2 N–H and O–H groups in total. The standard InChI is InChI=1S/C18H21NO6S/c1-4-24-15-11-17(16(25-5-2)10-12(15)3)26(22,23)19-14-9-7-6-8-13(14)18(20)21/h6-11,19H,4-5H2,1-3H3,(H,20,21). The number of hydrogen-bond acceptors (Lipinski definition) is 5. The normalized spacial score (nSPS) is 11.0. The third-order valence-electron chi connectivity index (χ3n) is 3.53. The van der Waals surface area contributed by atoms with Crippen LogP contribution in [0.15, 0.2) is 41.3 Å². The largest absolute Gasteiger partial charge is 0.494 e. The van der Waals surface area contributed by atoms with E-state index in [0.717, 1.165) is 5.56 Å². The Bertz CT molecular complexity index is 908. The maximum absolute atomic E-state index is 12.9. The third-order valence-corrected chi connectivity index (χ3v) is 4.92. The predicted octanol–water partition coefficient (Wildman–Crippen LogP) is 3.29. The first kappa shape index (κ1) is 19.6. The molecule has 0 unspecified atom stereocenters. The lowest BCUT2D eigenvalue weighted by Gasteiger charge is -2.16. The van der Waals surface area contributed by atoms with Crippen LogP contribution in [-0.4, -0.2) is 32.7 Å². The quantitative estimate of drug-likeness (QED) is 0.730. The molecule has 0 heterocycles. The first-order valence-electron chi connectivity index (χ1n) is 8.05. The van der Waals surface area contributed by atoms with Crippen molar-refractivity contribution in [3.05, 3.63) is 47.5 Å². The number of benzene rings is 2. The zero-order valence-electron chi connectivity index (χ0n) is 14.8. The molecule has 0 amide bonds. The Balaban J connectivity index is 2.54. The van der Waals surface area contributed by atoms with E-state index < -0.39 is 16.0 Å². The van der Waals surface area contributed by atoms with Crippen LogP contribution in [0, 0.1) is 6.92 Å². The van der Waals surface area contributed by atoms with Crippen molar-refractivity contribution in [2.75, 3.05) is 17.9 Å².